The number of nitrogens with zero attached hydrogens (tertiary/aromatic N) is 1. The second kappa shape index (κ2) is 8.94. The van der Waals surface area contributed by atoms with E-state index in [1.54, 1.807) is 7.11 Å². The van der Waals surface area contributed by atoms with Crippen LogP contribution in [0.5, 0.6) is 0 Å². The number of benzene rings is 1. The number of ether oxygens (including phenoxy) is 1. The van der Waals surface area contributed by atoms with Crippen molar-refractivity contribution in [3.63, 3.8) is 0 Å². The van der Waals surface area contributed by atoms with Crippen LogP contribution in [-0.2, 0) is 11.3 Å². The van der Waals surface area contributed by atoms with Crippen LogP contribution in [-0.4, -0.2) is 33.4 Å². The molecule has 3 heteroatoms. The predicted octanol–water partition coefficient (Wildman–Crippen LogP) is 3.05. The zero-order chi connectivity index (χ0) is 14.1. The van der Waals surface area contributed by atoms with Crippen LogP contribution < -0.4 is 10.2 Å². The van der Waals surface area contributed by atoms with Gasteiger partial charge in [-0.1, -0.05) is 26.0 Å². The quantitative estimate of drug-likeness (QED) is 0.742. The maximum Gasteiger partial charge on any atom is 0.0637 e. The van der Waals surface area contributed by atoms with Crippen LogP contribution >= 0.6 is 0 Å². The van der Waals surface area contributed by atoms with Gasteiger partial charge in [-0.25, -0.2) is 0 Å². The molecule has 1 rings (SSSR count). The second-order valence-corrected chi connectivity index (χ2v) is 4.85. The van der Waals surface area contributed by atoms with Crippen LogP contribution in [0.3, 0.4) is 0 Å². The van der Waals surface area contributed by atoms with Crippen LogP contribution in [0.2, 0.25) is 0 Å². The predicted molar refractivity (Wildman–Crippen MR) is 82.8 cm³/mol. The molecule has 0 amide bonds. The fourth-order valence-electron chi connectivity index (χ4n) is 2.45. The van der Waals surface area contributed by atoms with Gasteiger partial charge in [-0.2, -0.15) is 0 Å². The summed E-state index contributed by atoms with van der Waals surface area (Å²) in [7, 11) is 3.74. The largest absolute Gasteiger partial charge is 0.383 e. The highest BCUT2D eigenvalue weighted by atomic mass is 16.5. The van der Waals surface area contributed by atoms with E-state index < -0.39 is 0 Å². The molecule has 0 spiro atoms. The van der Waals surface area contributed by atoms with Gasteiger partial charge in [0.1, 0.15) is 0 Å². The normalized spacial score (nSPS) is 11.0. The lowest BCUT2D eigenvalue weighted by atomic mass is 10.1. The van der Waals surface area contributed by atoms with Gasteiger partial charge in [0.05, 0.1) is 6.61 Å². The zero-order valence-corrected chi connectivity index (χ0v) is 12.8. The van der Waals surface area contributed by atoms with E-state index in [2.05, 4.69) is 48.3 Å². The molecule has 19 heavy (non-hydrogen) atoms. The first-order valence-electron chi connectivity index (χ1n) is 7.25. The van der Waals surface area contributed by atoms with Gasteiger partial charge in [0.2, 0.25) is 0 Å². The van der Waals surface area contributed by atoms with Crippen molar-refractivity contribution in [3.05, 3.63) is 29.8 Å². The molecule has 0 radical (unpaired) electrons. The van der Waals surface area contributed by atoms with Gasteiger partial charge in [-0.05, 0) is 37.6 Å². The van der Waals surface area contributed by atoms with Crippen molar-refractivity contribution >= 4 is 5.69 Å². The van der Waals surface area contributed by atoms with E-state index in [0.717, 1.165) is 19.7 Å². The van der Waals surface area contributed by atoms with E-state index in [4.69, 9.17) is 4.74 Å². The van der Waals surface area contributed by atoms with Crippen molar-refractivity contribution in [1.29, 1.82) is 0 Å². The molecule has 1 aromatic carbocycles. The third kappa shape index (κ3) is 4.84. The van der Waals surface area contributed by atoms with E-state index in [1.807, 2.05) is 7.05 Å². The molecule has 0 aliphatic carbocycles. The number of rotatable bonds is 9. The van der Waals surface area contributed by atoms with Gasteiger partial charge < -0.3 is 15.0 Å². The van der Waals surface area contributed by atoms with Crippen molar-refractivity contribution in [2.24, 2.45) is 0 Å². The van der Waals surface area contributed by atoms with Gasteiger partial charge in [-0.15, -0.1) is 0 Å². The van der Waals surface area contributed by atoms with Crippen molar-refractivity contribution in [2.45, 2.75) is 39.3 Å². The molecular weight excluding hydrogens is 236 g/mol. The van der Waals surface area contributed by atoms with Crippen LogP contribution in [0, 0.1) is 0 Å². The summed E-state index contributed by atoms with van der Waals surface area (Å²) >= 11 is 0. The topological polar surface area (TPSA) is 24.5 Å². The Labute approximate surface area is 118 Å². The molecule has 0 fully saturated rings. The highest BCUT2D eigenvalue weighted by Crippen LogP contribution is 2.21. The highest BCUT2D eigenvalue weighted by Gasteiger charge is 2.15. The Morgan fingerprint density at radius 2 is 1.79 bits per heavy atom. The monoisotopic (exact) mass is 264 g/mol. The minimum Gasteiger partial charge on any atom is -0.383 e. The third-order valence-electron chi connectivity index (χ3n) is 3.57. The summed E-state index contributed by atoms with van der Waals surface area (Å²) < 4.78 is 5.24. The van der Waals surface area contributed by atoms with Crippen LogP contribution in [0.15, 0.2) is 24.3 Å². The lowest BCUT2D eigenvalue weighted by Gasteiger charge is -2.32. The van der Waals surface area contributed by atoms with Gasteiger partial charge in [0.15, 0.2) is 0 Å². The van der Waals surface area contributed by atoms with Gasteiger partial charge in [0, 0.05) is 31.9 Å². The Hall–Kier alpha value is -1.06. The molecule has 108 valence electrons. The summed E-state index contributed by atoms with van der Waals surface area (Å²) in [5.74, 6) is 0. The van der Waals surface area contributed by atoms with E-state index >= 15 is 0 Å². The molecule has 0 aliphatic rings. The second-order valence-electron chi connectivity index (χ2n) is 4.85. The van der Waals surface area contributed by atoms with E-state index in [-0.39, 0.29) is 0 Å². The van der Waals surface area contributed by atoms with Crippen molar-refractivity contribution in [3.8, 4) is 0 Å². The Balaban J connectivity index is 2.83. The summed E-state index contributed by atoms with van der Waals surface area (Å²) in [5.41, 5.74) is 2.62. The van der Waals surface area contributed by atoms with E-state index in [1.165, 1.54) is 24.1 Å². The molecule has 0 aliphatic heterocycles. The summed E-state index contributed by atoms with van der Waals surface area (Å²) in [6.45, 7) is 7.15. The van der Waals surface area contributed by atoms with Gasteiger partial charge >= 0.3 is 0 Å². The third-order valence-corrected chi connectivity index (χ3v) is 3.57. The fourth-order valence-corrected chi connectivity index (χ4v) is 2.45. The molecule has 3 nitrogen and oxygen atoms in total. The first-order chi connectivity index (χ1) is 9.26. The molecule has 0 unspecified atom stereocenters. The Morgan fingerprint density at radius 3 is 2.26 bits per heavy atom. The van der Waals surface area contributed by atoms with Gasteiger partial charge in [-0.3, -0.25) is 0 Å². The summed E-state index contributed by atoms with van der Waals surface area (Å²) in [5, 5.41) is 3.18. The smallest absolute Gasteiger partial charge is 0.0637 e. The minimum atomic E-state index is 0.588. The standard InChI is InChI=1S/C16H28N2O/c1-5-15(6-2)18(11-12-19-4)16-9-7-14(8-10-16)13-17-3/h7-10,15,17H,5-6,11-13H2,1-4H3. The minimum absolute atomic E-state index is 0.588. The molecule has 0 aromatic heterocycles. The first kappa shape index (κ1) is 16.0. The average Bonchev–Trinajstić information content (AvgIpc) is 2.45. The zero-order valence-electron chi connectivity index (χ0n) is 12.8. The summed E-state index contributed by atoms with van der Waals surface area (Å²) in [4.78, 5) is 2.46. The summed E-state index contributed by atoms with van der Waals surface area (Å²) in [6.07, 6.45) is 2.33. The van der Waals surface area contributed by atoms with Crippen LogP contribution in [0.4, 0.5) is 5.69 Å². The maximum absolute atomic E-state index is 5.24. The molecule has 1 aromatic rings. The number of hydrogen-bond donors (Lipinski definition) is 1. The Morgan fingerprint density at radius 1 is 1.16 bits per heavy atom. The first-order valence-corrected chi connectivity index (χ1v) is 7.25. The molecule has 0 heterocycles. The van der Waals surface area contributed by atoms with E-state index in [0.29, 0.717) is 6.04 Å². The fraction of sp³-hybridized carbons (Fsp3) is 0.625. The van der Waals surface area contributed by atoms with E-state index in [9.17, 15) is 0 Å². The average molecular weight is 264 g/mol. The molecular formula is C16H28N2O. The van der Waals surface area contributed by atoms with Crippen molar-refractivity contribution in [1.82, 2.24) is 5.32 Å². The number of methoxy groups -OCH3 is 1. The van der Waals surface area contributed by atoms with Crippen molar-refractivity contribution < 1.29 is 4.74 Å². The number of hydrogen-bond acceptors (Lipinski definition) is 3. The molecule has 0 saturated heterocycles. The van der Waals surface area contributed by atoms with Crippen LogP contribution in [0.25, 0.3) is 0 Å². The lowest BCUT2D eigenvalue weighted by molar-refractivity contribution is 0.202. The number of nitrogens with one attached hydrogen (secondary N) is 1. The van der Waals surface area contributed by atoms with Gasteiger partial charge in [0.25, 0.3) is 0 Å². The highest BCUT2D eigenvalue weighted by molar-refractivity contribution is 5.48. The molecule has 0 saturated carbocycles. The molecule has 0 bridgehead atoms. The van der Waals surface area contributed by atoms with Crippen molar-refractivity contribution in [2.75, 3.05) is 32.2 Å². The SMILES string of the molecule is CCC(CC)N(CCOC)c1ccc(CNC)cc1. The number of anilines is 1. The maximum atomic E-state index is 5.24. The molecule has 0 atom stereocenters. The lowest BCUT2D eigenvalue weighted by Crippen LogP contribution is -2.37. The Bertz CT molecular complexity index is 333. The summed E-state index contributed by atoms with van der Waals surface area (Å²) in [6, 6.07) is 9.44. The van der Waals surface area contributed by atoms with Crippen LogP contribution in [0.1, 0.15) is 32.3 Å². The Kier molecular flexibility index (Phi) is 7.53. The molecule has 1 N–H and O–H groups in total.